The van der Waals surface area contributed by atoms with E-state index in [0.29, 0.717) is 22.1 Å². The van der Waals surface area contributed by atoms with Crippen LogP contribution in [0, 0.1) is 0 Å². The second kappa shape index (κ2) is 12.9. The number of amides is 2. The van der Waals surface area contributed by atoms with E-state index in [2.05, 4.69) is 15.0 Å². The molecule has 0 radical (unpaired) electrons. The van der Waals surface area contributed by atoms with Gasteiger partial charge in [0, 0.05) is 23.7 Å². The van der Waals surface area contributed by atoms with Crippen LogP contribution in [0.3, 0.4) is 0 Å². The molecule has 3 aromatic rings. The number of thioether (sulfide) groups is 1. The van der Waals surface area contributed by atoms with Crippen molar-refractivity contribution in [3.63, 3.8) is 0 Å². The number of rotatable bonds is 10. The Morgan fingerprint density at radius 1 is 1.05 bits per heavy atom. The molecule has 0 unspecified atom stereocenters. The van der Waals surface area contributed by atoms with Gasteiger partial charge in [0.05, 0.1) is 24.4 Å². The maximum absolute atomic E-state index is 13.4. The molecule has 12 heteroatoms. The normalized spacial score (nSPS) is 16.2. The first-order valence-corrected chi connectivity index (χ1v) is 13.4. The predicted octanol–water partition coefficient (Wildman–Crippen LogP) is 6.19. The quantitative estimate of drug-likeness (QED) is 0.224. The summed E-state index contributed by atoms with van der Waals surface area (Å²) in [7, 11) is 0. The van der Waals surface area contributed by atoms with Gasteiger partial charge in [-0.25, -0.2) is 9.79 Å². The SMILES string of the molecule is CCOC(=O)c1ccc(NC(=O)C[C@@H]2SC(=Nc3ccc(OC(F)(F)Cl)cc3)N(Cc3ccccc3)C2=O)cc1. The highest BCUT2D eigenvalue weighted by Crippen LogP contribution is 2.34. The largest absolute Gasteiger partial charge is 0.487 e. The Morgan fingerprint density at radius 2 is 1.73 bits per heavy atom. The van der Waals surface area contributed by atoms with Gasteiger partial charge in [-0.3, -0.25) is 14.5 Å². The van der Waals surface area contributed by atoms with Crippen LogP contribution in [0.15, 0.2) is 83.9 Å². The van der Waals surface area contributed by atoms with Crippen molar-refractivity contribution in [3.05, 3.63) is 90.0 Å². The van der Waals surface area contributed by atoms with Gasteiger partial charge in [0.25, 0.3) is 0 Å². The fourth-order valence-electron chi connectivity index (χ4n) is 3.75. The van der Waals surface area contributed by atoms with Gasteiger partial charge >= 0.3 is 11.5 Å². The first kappa shape index (κ1) is 29.0. The molecule has 8 nitrogen and oxygen atoms in total. The number of halogens is 3. The van der Waals surface area contributed by atoms with Gasteiger partial charge in [0.1, 0.15) is 11.0 Å². The number of nitrogens with one attached hydrogen (secondary N) is 1. The second-order valence-electron chi connectivity index (χ2n) is 8.50. The van der Waals surface area contributed by atoms with Crippen molar-refractivity contribution in [1.82, 2.24) is 4.90 Å². The smallest absolute Gasteiger partial charge is 0.462 e. The van der Waals surface area contributed by atoms with Crippen LogP contribution in [-0.2, 0) is 20.9 Å². The van der Waals surface area contributed by atoms with E-state index in [1.807, 2.05) is 30.3 Å². The summed E-state index contributed by atoms with van der Waals surface area (Å²) < 4.78 is 35.1. The fraction of sp³-hybridized carbons (Fsp3) is 0.214. The van der Waals surface area contributed by atoms with E-state index in [9.17, 15) is 23.2 Å². The van der Waals surface area contributed by atoms with Gasteiger partial charge in [0.15, 0.2) is 5.17 Å². The average molecular weight is 588 g/mol. The molecule has 3 aromatic carbocycles. The standard InChI is InChI=1S/C28H24ClF2N3O5S/c1-2-38-26(37)19-8-10-20(11-9-19)32-24(35)16-23-25(36)34(17-18-6-4-3-5-7-18)27(40-23)33-21-12-14-22(15-13-21)39-28(29,30)31/h3-15,23H,2,16-17H2,1H3,(H,32,35)/t23-/m0/s1. The summed E-state index contributed by atoms with van der Waals surface area (Å²) in [5, 5.41) is 2.37. The number of alkyl halides is 3. The van der Waals surface area contributed by atoms with E-state index in [0.717, 1.165) is 17.3 Å². The maximum Gasteiger partial charge on any atom is 0.487 e. The minimum Gasteiger partial charge on any atom is -0.462 e. The maximum atomic E-state index is 13.4. The molecule has 0 spiro atoms. The molecule has 2 amide bonds. The molecule has 40 heavy (non-hydrogen) atoms. The monoisotopic (exact) mass is 587 g/mol. The molecule has 1 atom stereocenters. The van der Waals surface area contributed by atoms with Gasteiger partial charge in [-0.05, 0) is 61.0 Å². The lowest BCUT2D eigenvalue weighted by Gasteiger charge is -2.17. The number of nitrogens with zero attached hydrogens (tertiary/aromatic N) is 2. The zero-order valence-corrected chi connectivity index (χ0v) is 22.8. The highest BCUT2D eigenvalue weighted by atomic mass is 35.5. The molecular weight excluding hydrogens is 564 g/mol. The number of benzene rings is 3. The summed E-state index contributed by atoms with van der Waals surface area (Å²) in [6.45, 7) is 2.20. The summed E-state index contributed by atoms with van der Waals surface area (Å²) in [4.78, 5) is 44.0. The number of carbonyl (C=O) groups excluding carboxylic acids is 3. The third-order valence-corrected chi connectivity index (χ3v) is 6.80. The highest BCUT2D eigenvalue weighted by Gasteiger charge is 2.39. The first-order valence-electron chi connectivity index (χ1n) is 12.1. The van der Waals surface area contributed by atoms with Crippen molar-refractivity contribution in [2.24, 2.45) is 4.99 Å². The molecule has 4 rings (SSSR count). The number of carbonyl (C=O) groups is 3. The van der Waals surface area contributed by atoms with Gasteiger partial charge < -0.3 is 14.8 Å². The van der Waals surface area contributed by atoms with Gasteiger partial charge in [-0.1, -0.05) is 42.1 Å². The van der Waals surface area contributed by atoms with E-state index in [1.165, 1.54) is 29.2 Å². The molecule has 0 aromatic heterocycles. The van der Waals surface area contributed by atoms with Crippen LogP contribution >= 0.6 is 23.4 Å². The summed E-state index contributed by atoms with van der Waals surface area (Å²) in [6.07, 6.45) is -0.120. The number of esters is 1. The summed E-state index contributed by atoms with van der Waals surface area (Å²) in [6, 6.07) is 21.0. The molecule has 0 aliphatic carbocycles. The van der Waals surface area contributed by atoms with E-state index in [4.69, 9.17) is 16.3 Å². The van der Waals surface area contributed by atoms with Crippen LogP contribution in [0.4, 0.5) is 20.2 Å². The van der Waals surface area contributed by atoms with Crippen LogP contribution in [0.25, 0.3) is 0 Å². The predicted molar refractivity (Wildman–Crippen MR) is 149 cm³/mol. The minimum atomic E-state index is -3.84. The Morgan fingerprint density at radius 3 is 2.35 bits per heavy atom. The zero-order chi connectivity index (χ0) is 28.7. The lowest BCUT2D eigenvalue weighted by atomic mass is 10.2. The molecule has 1 N–H and O–H groups in total. The highest BCUT2D eigenvalue weighted by molar-refractivity contribution is 8.15. The molecular formula is C28H24ClF2N3O5S. The van der Waals surface area contributed by atoms with E-state index >= 15 is 0 Å². The van der Waals surface area contributed by atoms with Crippen LogP contribution in [0.2, 0.25) is 0 Å². The molecule has 1 heterocycles. The molecule has 1 saturated heterocycles. The molecule has 208 valence electrons. The number of amidine groups is 1. The molecule has 1 aliphatic heterocycles. The Labute approximate surface area is 238 Å². The zero-order valence-electron chi connectivity index (χ0n) is 21.2. The number of aliphatic imine (C=N–C) groups is 1. The summed E-state index contributed by atoms with van der Waals surface area (Å²) in [5.41, 5.74) is -1.76. The fourth-order valence-corrected chi connectivity index (χ4v) is 5.00. The van der Waals surface area contributed by atoms with Crippen molar-refractivity contribution >= 4 is 57.7 Å². The van der Waals surface area contributed by atoms with Crippen LogP contribution in [0.1, 0.15) is 29.3 Å². The third-order valence-electron chi connectivity index (χ3n) is 5.55. The van der Waals surface area contributed by atoms with E-state index in [1.54, 1.807) is 31.2 Å². The summed E-state index contributed by atoms with van der Waals surface area (Å²) >= 11 is 5.95. The van der Waals surface area contributed by atoms with Crippen molar-refractivity contribution < 1.29 is 32.6 Å². The molecule has 1 aliphatic rings. The number of anilines is 1. The van der Waals surface area contributed by atoms with Crippen LogP contribution < -0.4 is 10.1 Å². The van der Waals surface area contributed by atoms with Crippen molar-refractivity contribution in [2.45, 2.75) is 30.7 Å². The Hall–Kier alpha value is -3.96. The van der Waals surface area contributed by atoms with Crippen LogP contribution in [0.5, 0.6) is 5.75 Å². The molecule has 1 fully saturated rings. The number of hydrogen-bond acceptors (Lipinski definition) is 7. The first-order chi connectivity index (χ1) is 19.1. The topological polar surface area (TPSA) is 97.3 Å². The minimum absolute atomic E-state index is 0.120. The van der Waals surface area contributed by atoms with Crippen molar-refractivity contribution in [1.29, 1.82) is 0 Å². The summed E-state index contributed by atoms with van der Waals surface area (Å²) in [5.74, 6) is -1.29. The average Bonchev–Trinajstić information content (AvgIpc) is 3.18. The second-order valence-corrected chi connectivity index (χ2v) is 10.1. The number of hydrogen-bond donors (Lipinski definition) is 1. The lowest BCUT2D eigenvalue weighted by Crippen LogP contribution is -2.33. The molecule has 0 saturated carbocycles. The Balaban J connectivity index is 1.48. The van der Waals surface area contributed by atoms with Crippen molar-refractivity contribution in [2.75, 3.05) is 11.9 Å². The van der Waals surface area contributed by atoms with Gasteiger partial charge in [0.2, 0.25) is 11.8 Å². The Bertz CT molecular complexity index is 1380. The molecule has 0 bridgehead atoms. The van der Waals surface area contributed by atoms with Gasteiger partial charge in [-0.2, -0.15) is 0 Å². The van der Waals surface area contributed by atoms with Crippen LogP contribution in [-0.4, -0.2) is 45.3 Å². The Kier molecular flexibility index (Phi) is 9.38. The van der Waals surface area contributed by atoms with E-state index < -0.39 is 16.8 Å². The van der Waals surface area contributed by atoms with Gasteiger partial charge in [-0.15, -0.1) is 8.78 Å². The number of ether oxygens (including phenoxy) is 2. The van der Waals surface area contributed by atoms with E-state index in [-0.39, 0.29) is 37.1 Å². The lowest BCUT2D eigenvalue weighted by molar-refractivity contribution is -0.128. The third kappa shape index (κ3) is 8.03. The van der Waals surface area contributed by atoms with Crippen molar-refractivity contribution in [3.8, 4) is 5.75 Å².